The van der Waals surface area contributed by atoms with Crippen molar-refractivity contribution in [2.75, 3.05) is 19.6 Å². The number of hydrogen-bond acceptors (Lipinski definition) is 3. The first-order valence-corrected chi connectivity index (χ1v) is 7.52. The zero-order valence-electron chi connectivity index (χ0n) is 12.1. The van der Waals surface area contributed by atoms with Gasteiger partial charge in [0.1, 0.15) is 12.8 Å². The highest BCUT2D eigenvalue weighted by Gasteiger charge is 2.42. The Balaban J connectivity index is 1.50. The molecule has 114 valence electrons. The second-order valence-electron chi connectivity index (χ2n) is 6.01. The van der Waals surface area contributed by atoms with Crippen LogP contribution in [0.5, 0.6) is 0 Å². The molecule has 2 fully saturated rings. The highest BCUT2D eigenvalue weighted by Crippen LogP contribution is 2.30. The van der Waals surface area contributed by atoms with Crippen LogP contribution in [0.2, 0.25) is 0 Å². The van der Waals surface area contributed by atoms with Gasteiger partial charge < -0.3 is 15.0 Å². The van der Waals surface area contributed by atoms with Crippen molar-refractivity contribution in [1.29, 1.82) is 0 Å². The zero-order valence-corrected chi connectivity index (χ0v) is 12.1. The van der Waals surface area contributed by atoms with Gasteiger partial charge in [-0.15, -0.1) is 0 Å². The van der Waals surface area contributed by atoms with E-state index in [0.717, 1.165) is 18.4 Å². The molecule has 0 saturated carbocycles. The van der Waals surface area contributed by atoms with E-state index in [9.17, 15) is 9.18 Å². The van der Waals surface area contributed by atoms with Gasteiger partial charge in [-0.25, -0.2) is 9.18 Å². The highest BCUT2D eigenvalue weighted by atomic mass is 19.1. The molecule has 5 heteroatoms. The van der Waals surface area contributed by atoms with E-state index < -0.39 is 6.17 Å². The Hall–Kier alpha value is -1.62. The molecule has 2 aliphatic rings. The number of benzene rings is 1. The average Bonchev–Trinajstić information content (AvgIpc) is 2.93. The lowest BCUT2D eigenvalue weighted by atomic mass is 9.87. The smallest absolute Gasteiger partial charge is 0.410 e. The number of carbonyl (C=O) groups excluding carboxylic acids is 1. The molecule has 2 saturated heterocycles. The first kappa shape index (κ1) is 14.3. The molecule has 0 aliphatic carbocycles. The van der Waals surface area contributed by atoms with Crippen LogP contribution in [0.25, 0.3) is 0 Å². The number of rotatable bonds is 2. The van der Waals surface area contributed by atoms with Gasteiger partial charge in [0, 0.05) is 25.2 Å². The van der Waals surface area contributed by atoms with E-state index in [0.29, 0.717) is 32.7 Å². The maximum Gasteiger partial charge on any atom is 0.410 e. The van der Waals surface area contributed by atoms with Crippen LogP contribution in [0.4, 0.5) is 9.18 Å². The standard InChI is InChI=1S/C16H21FN2O2/c17-14-6-7-16(18-10-14)8-9-19(12-16)15(20)21-11-13-4-2-1-3-5-13/h1-5,14,18H,6-12H2. The van der Waals surface area contributed by atoms with Gasteiger partial charge >= 0.3 is 6.09 Å². The molecule has 2 unspecified atom stereocenters. The summed E-state index contributed by atoms with van der Waals surface area (Å²) in [4.78, 5) is 13.8. The van der Waals surface area contributed by atoms with Crippen LogP contribution in [-0.2, 0) is 11.3 Å². The summed E-state index contributed by atoms with van der Waals surface area (Å²) >= 11 is 0. The lowest BCUT2D eigenvalue weighted by Gasteiger charge is -2.35. The van der Waals surface area contributed by atoms with E-state index in [1.807, 2.05) is 30.3 Å². The maximum absolute atomic E-state index is 13.2. The third kappa shape index (κ3) is 3.35. The number of nitrogens with one attached hydrogen (secondary N) is 1. The van der Waals surface area contributed by atoms with Gasteiger partial charge in [0.05, 0.1) is 0 Å². The molecule has 2 atom stereocenters. The van der Waals surface area contributed by atoms with Crippen LogP contribution in [0.3, 0.4) is 0 Å². The molecule has 1 amide bonds. The van der Waals surface area contributed by atoms with Gasteiger partial charge in [-0.05, 0) is 24.8 Å². The van der Waals surface area contributed by atoms with Crippen LogP contribution < -0.4 is 5.32 Å². The monoisotopic (exact) mass is 292 g/mol. The summed E-state index contributed by atoms with van der Waals surface area (Å²) in [6.45, 7) is 1.99. The van der Waals surface area contributed by atoms with Crippen LogP contribution in [0, 0.1) is 0 Å². The van der Waals surface area contributed by atoms with Gasteiger partial charge in [-0.2, -0.15) is 0 Å². The zero-order chi connectivity index (χ0) is 14.7. The summed E-state index contributed by atoms with van der Waals surface area (Å²) in [6.07, 6.45) is 1.21. The number of ether oxygens (including phenoxy) is 1. The third-order valence-corrected chi connectivity index (χ3v) is 4.45. The molecule has 21 heavy (non-hydrogen) atoms. The van der Waals surface area contributed by atoms with E-state index >= 15 is 0 Å². The minimum Gasteiger partial charge on any atom is -0.445 e. The first-order valence-electron chi connectivity index (χ1n) is 7.52. The molecule has 1 aromatic rings. The maximum atomic E-state index is 13.2. The summed E-state index contributed by atoms with van der Waals surface area (Å²) in [5.41, 5.74) is 0.879. The number of alkyl halides is 1. The predicted octanol–water partition coefficient (Wildman–Crippen LogP) is 2.49. The summed E-state index contributed by atoms with van der Waals surface area (Å²) in [7, 11) is 0. The van der Waals surface area contributed by atoms with E-state index in [2.05, 4.69) is 5.32 Å². The Morgan fingerprint density at radius 1 is 1.38 bits per heavy atom. The fraction of sp³-hybridized carbons (Fsp3) is 0.562. The van der Waals surface area contributed by atoms with Crippen molar-refractivity contribution in [1.82, 2.24) is 10.2 Å². The van der Waals surface area contributed by atoms with Gasteiger partial charge in [-0.1, -0.05) is 30.3 Å². The van der Waals surface area contributed by atoms with Crippen molar-refractivity contribution >= 4 is 6.09 Å². The minimum atomic E-state index is -0.755. The Morgan fingerprint density at radius 2 is 2.19 bits per heavy atom. The molecule has 0 radical (unpaired) electrons. The van der Waals surface area contributed by atoms with E-state index in [1.54, 1.807) is 4.90 Å². The lowest BCUT2D eigenvalue weighted by Crippen LogP contribution is -2.53. The summed E-state index contributed by atoms with van der Waals surface area (Å²) < 4.78 is 18.6. The van der Waals surface area contributed by atoms with Gasteiger partial charge in [-0.3, -0.25) is 0 Å². The molecule has 1 N–H and O–H groups in total. The van der Waals surface area contributed by atoms with Crippen molar-refractivity contribution in [3.05, 3.63) is 35.9 Å². The second-order valence-corrected chi connectivity index (χ2v) is 6.01. The van der Waals surface area contributed by atoms with Crippen molar-refractivity contribution in [3.63, 3.8) is 0 Å². The molecular weight excluding hydrogens is 271 g/mol. The van der Waals surface area contributed by atoms with Gasteiger partial charge in [0.2, 0.25) is 0 Å². The number of carbonyl (C=O) groups is 1. The Labute approximate surface area is 124 Å². The molecule has 4 nitrogen and oxygen atoms in total. The summed E-state index contributed by atoms with van der Waals surface area (Å²) in [5, 5.41) is 3.28. The fourth-order valence-corrected chi connectivity index (χ4v) is 3.14. The van der Waals surface area contributed by atoms with E-state index in [-0.39, 0.29) is 11.6 Å². The quantitative estimate of drug-likeness (QED) is 0.910. The molecule has 0 aromatic heterocycles. The van der Waals surface area contributed by atoms with Crippen LogP contribution in [-0.4, -0.2) is 42.3 Å². The Morgan fingerprint density at radius 3 is 2.90 bits per heavy atom. The molecule has 1 spiro atoms. The summed E-state index contributed by atoms with van der Waals surface area (Å²) in [5.74, 6) is 0. The molecule has 2 aliphatic heterocycles. The van der Waals surface area contributed by atoms with Crippen LogP contribution >= 0.6 is 0 Å². The first-order chi connectivity index (χ1) is 10.2. The van der Waals surface area contributed by atoms with E-state index in [4.69, 9.17) is 4.74 Å². The SMILES string of the molecule is O=C(OCc1ccccc1)N1CCC2(CCC(F)CN2)C1. The predicted molar refractivity (Wildman–Crippen MR) is 77.7 cm³/mol. The number of piperidine rings is 1. The molecule has 0 bridgehead atoms. The van der Waals surface area contributed by atoms with Crippen molar-refractivity contribution in [2.24, 2.45) is 0 Å². The highest BCUT2D eigenvalue weighted by molar-refractivity contribution is 5.68. The number of amides is 1. The normalized spacial score (nSPS) is 28.8. The lowest BCUT2D eigenvalue weighted by molar-refractivity contribution is 0.0977. The molecule has 2 heterocycles. The largest absolute Gasteiger partial charge is 0.445 e. The molecular formula is C16H21FN2O2. The van der Waals surface area contributed by atoms with Crippen molar-refractivity contribution in [3.8, 4) is 0 Å². The molecule has 1 aromatic carbocycles. The van der Waals surface area contributed by atoms with Crippen LogP contribution in [0.15, 0.2) is 30.3 Å². The number of hydrogen-bond donors (Lipinski definition) is 1. The van der Waals surface area contributed by atoms with Crippen LogP contribution in [0.1, 0.15) is 24.8 Å². The minimum absolute atomic E-state index is 0.103. The fourth-order valence-electron chi connectivity index (χ4n) is 3.14. The molecule has 3 rings (SSSR count). The second kappa shape index (κ2) is 6.02. The Kier molecular flexibility index (Phi) is 4.10. The average molecular weight is 292 g/mol. The topological polar surface area (TPSA) is 41.6 Å². The van der Waals surface area contributed by atoms with Crippen molar-refractivity contribution in [2.45, 2.75) is 37.6 Å². The van der Waals surface area contributed by atoms with Gasteiger partial charge in [0.15, 0.2) is 0 Å². The van der Waals surface area contributed by atoms with E-state index in [1.165, 1.54) is 0 Å². The third-order valence-electron chi connectivity index (χ3n) is 4.45. The van der Waals surface area contributed by atoms with Crippen molar-refractivity contribution < 1.29 is 13.9 Å². The number of halogens is 1. The summed E-state index contributed by atoms with van der Waals surface area (Å²) in [6, 6.07) is 9.65. The number of nitrogens with zero attached hydrogens (tertiary/aromatic N) is 1. The Bertz CT molecular complexity index is 486. The van der Waals surface area contributed by atoms with Gasteiger partial charge in [0.25, 0.3) is 0 Å². The number of likely N-dealkylation sites (tertiary alicyclic amines) is 1.